The topological polar surface area (TPSA) is 63.2 Å². The highest BCUT2D eigenvalue weighted by atomic mass is 16.5. The molecule has 1 aliphatic carbocycles. The molecule has 21 heavy (non-hydrogen) atoms. The van der Waals surface area contributed by atoms with E-state index in [9.17, 15) is 4.79 Å². The zero-order chi connectivity index (χ0) is 15.2. The lowest BCUT2D eigenvalue weighted by atomic mass is 9.89. The van der Waals surface area contributed by atoms with Gasteiger partial charge in [-0.1, -0.05) is 13.3 Å². The predicted molar refractivity (Wildman–Crippen MR) is 83.7 cm³/mol. The summed E-state index contributed by atoms with van der Waals surface area (Å²) >= 11 is 0. The maximum Gasteiger partial charge on any atom is 0.251 e. The van der Waals surface area contributed by atoms with Crippen LogP contribution in [0.4, 0.5) is 5.82 Å². The molecule has 0 aromatic carbocycles. The average molecular weight is 291 g/mol. The van der Waals surface area contributed by atoms with E-state index < -0.39 is 0 Å². The number of pyridine rings is 1. The van der Waals surface area contributed by atoms with Crippen molar-refractivity contribution in [3.05, 3.63) is 23.4 Å². The predicted octanol–water partition coefficient (Wildman–Crippen LogP) is 2.37. The fraction of sp³-hybridized carbons (Fsp3) is 0.625. The van der Waals surface area contributed by atoms with Crippen LogP contribution in [0.2, 0.25) is 0 Å². The Morgan fingerprint density at radius 3 is 2.76 bits per heavy atom. The quantitative estimate of drug-likeness (QED) is 0.809. The van der Waals surface area contributed by atoms with Crippen LogP contribution in [-0.4, -0.2) is 36.7 Å². The lowest BCUT2D eigenvalue weighted by Gasteiger charge is -2.35. The second-order valence-electron chi connectivity index (χ2n) is 5.45. The number of nitrogens with zero attached hydrogens (tertiary/aromatic N) is 1. The van der Waals surface area contributed by atoms with E-state index in [0.29, 0.717) is 11.7 Å². The fourth-order valence-corrected chi connectivity index (χ4v) is 2.56. The van der Waals surface area contributed by atoms with Crippen LogP contribution in [0.3, 0.4) is 0 Å². The second-order valence-corrected chi connectivity index (χ2v) is 5.45. The number of nitrogens with one attached hydrogen (secondary N) is 2. The first-order valence-corrected chi connectivity index (χ1v) is 7.77. The van der Waals surface area contributed by atoms with Crippen molar-refractivity contribution < 1.29 is 9.53 Å². The van der Waals surface area contributed by atoms with Gasteiger partial charge in [0.2, 0.25) is 0 Å². The van der Waals surface area contributed by atoms with Crippen molar-refractivity contribution in [2.24, 2.45) is 0 Å². The van der Waals surface area contributed by atoms with Crippen LogP contribution in [0.25, 0.3) is 0 Å². The van der Waals surface area contributed by atoms with Gasteiger partial charge in [-0.05, 0) is 38.3 Å². The van der Waals surface area contributed by atoms with Gasteiger partial charge in [0.05, 0.1) is 6.10 Å². The van der Waals surface area contributed by atoms with Crippen molar-refractivity contribution in [1.29, 1.82) is 0 Å². The minimum atomic E-state index is -0.0220. The third-order valence-electron chi connectivity index (χ3n) is 3.74. The van der Waals surface area contributed by atoms with Gasteiger partial charge in [0.25, 0.3) is 5.91 Å². The molecule has 0 unspecified atom stereocenters. The van der Waals surface area contributed by atoms with E-state index >= 15 is 0 Å². The lowest BCUT2D eigenvalue weighted by Crippen LogP contribution is -2.47. The Morgan fingerprint density at radius 1 is 1.38 bits per heavy atom. The molecule has 2 N–H and O–H groups in total. The summed E-state index contributed by atoms with van der Waals surface area (Å²) in [4.78, 5) is 16.8. The smallest absolute Gasteiger partial charge is 0.251 e. The van der Waals surface area contributed by atoms with Crippen LogP contribution in [-0.2, 0) is 11.2 Å². The number of hydrogen-bond acceptors (Lipinski definition) is 4. The van der Waals surface area contributed by atoms with Crippen molar-refractivity contribution in [3.8, 4) is 0 Å². The molecule has 0 aliphatic heterocycles. The van der Waals surface area contributed by atoms with Crippen LogP contribution >= 0.6 is 0 Å². The summed E-state index contributed by atoms with van der Waals surface area (Å²) in [5.41, 5.74) is 1.63. The Kier molecular flexibility index (Phi) is 5.56. The summed E-state index contributed by atoms with van der Waals surface area (Å²) in [7, 11) is 1.82. The number of amides is 1. The Labute approximate surface area is 126 Å². The molecule has 5 heteroatoms. The number of ether oxygens (including phenoxy) is 1. The van der Waals surface area contributed by atoms with E-state index in [-0.39, 0.29) is 11.9 Å². The maximum atomic E-state index is 12.3. The Morgan fingerprint density at radius 2 is 2.14 bits per heavy atom. The van der Waals surface area contributed by atoms with Crippen LogP contribution in [0, 0.1) is 0 Å². The first kappa shape index (κ1) is 15.8. The lowest BCUT2D eigenvalue weighted by molar-refractivity contribution is -0.00862. The zero-order valence-corrected chi connectivity index (χ0v) is 13.1. The molecule has 1 saturated carbocycles. The molecule has 0 saturated heterocycles. The van der Waals surface area contributed by atoms with Crippen LogP contribution < -0.4 is 10.6 Å². The number of hydrogen-bond donors (Lipinski definition) is 2. The van der Waals surface area contributed by atoms with E-state index in [2.05, 4.69) is 22.5 Å². The normalized spacial score (nSPS) is 20.7. The molecule has 1 heterocycles. The first-order chi connectivity index (χ1) is 10.2. The highest BCUT2D eigenvalue weighted by Gasteiger charge is 2.30. The molecule has 0 spiro atoms. The number of rotatable bonds is 7. The Bertz CT molecular complexity index is 484. The largest absolute Gasteiger partial charge is 0.378 e. The van der Waals surface area contributed by atoms with Crippen molar-refractivity contribution >= 4 is 11.7 Å². The maximum absolute atomic E-state index is 12.3. The monoisotopic (exact) mass is 291 g/mol. The molecule has 116 valence electrons. The highest BCUT2D eigenvalue weighted by molar-refractivity contribution is 5.95. The number of carbonyl (C=O) groups excluding carboxylic acids is 1. The summed E-state index contributed by atoms with van der Waals surface area (Å²) in [5.74, 6) is 0.720. The molecular formula is C16H25N3O2. The second kappa shape index (κ2) is 7.41. The number of anilines is 1. The van der Waals surface area contributed by atoms with Gasteiger partial charge in [-0.15, -0.1) is 0 Å². The van der Waals surface area contributed by atoms with Gasteiger partial charge in [0.15, 0.2) is 0 Å². The standard InChI is InChI=1S/C16H25N3O2/c1-4-6-12-7-11(8-15(17-3)18-12)16(20)19-13-9-14(10-13)21-5-2/h7-8,13-14H,4-6,9-10H2,1-3H3,(H,17,18)(H,19,20). The first-order valence-electron chi connectivity index (χ1n) is 7.77. The third kappa shape index (κ3) is 4.17. The molecule has 5 nitrogen and oxygen atoms in total. The summed E-state index contributed by atoms with van der Waals surface area (Å²) in [6.45, 7) is 4.84. The van der Waals surface area contributed by atoms with E-state index in [0.717, 1.165) is 43.8 Å². The summed E-state index contributed by atoms with van der Waals surface area (Å²) in [6, 6.07) is 3.92. The summed E-state index contributed by atoms with van der Waals surface area (Å²) in [5, 5.41) is 6.08. The molecule has 1 aromatic heterocycles. The average Bonchev–Trinajstić information content (AvgIpc) is 2.45. The molecule has 1 aromatic rings. The van der Waals surface area contributed by atoms with Gasteiger partial charge in [-0.2, -0.15) is 0 Å². The molecule has 1 aliphatic rings. The van der Waals surface area contributed by atoms with Gasteiger partial charge in [-0.3, -0.25) is 4.79 Å². The minimum absolute atomic E-state index is 0.0220. The SMILES string of the molecule is CCCc1cc(C(=O)NC2CC(OCC)C2)cc(NC)n1. The van der Waals surface area contributed by atoms with Gasteiger partial charge in [-0.25, -0.2) is 4.98 Å². The van der Waals surface area contributed by atoms with Gasteiger partial charge in [0, 0.05) is 31.0 Å². The Balaban J connectivity index is 1.97. The summed E-state index contributed by atoms with van der Waals surface area (Å²) in [6.07, 6.45) is 4.02. The van der Waals surface area contributed by atoms with Crippen LogP contribution in [0.15, 0.2) is 12.1 Å². The molecule has 0 radical (unpaired) electrons. The van der Waals surface area contributed by atoms with Crippen LogP contribution in [0.5, 0.6) is 0 Å². The van der Waals surface area contributed by atoms with E-state index in [4.69, 9.17) is 4.74 Å². The molecule has 1 fully saturated rings. The molecule has 0 atom stereocenters. The van der Waals surface area contributed by atoms with Crippen molar-refractivity contribution in [2.45, 2.75) is 51.7 Å². The van der Waals surface area contributed by atoms with E-state index in [1.807, 2.05) is 20.0 Å². The van der Waals surface area contributed by atoms with E-state index in [1.165, 1.54) is 0 Å². The van der Waals surface area contributed by atoms with Gasteiger partial charge in [0.1, 0.15) is 5.82 Å². The van der Waals surface area contributed by atoms with E-state index in [1.54, 1.807) is 6.07 Å². The molecule has 1 amide bonds. The number of carbonyl (C=O) groups is 1. The van der Waals surface area contributed by atoms with Gasteiger partial charge >= 0.3 is 0 Å². The molecular weight excluding hydrogens is 266 g/mol. The minimum Gasteiger partial charge on any atom is -0.378 e. The third-order valence-corrected chi connectivity index (χ3v) is 3.74. The van der Waals surface area contributed by atoms with Gasteiger partial charge < -0.3 is 15.4 Å². The molecule has 2 rings (SSSR count). The highest BCUT2D eigenvalue weighted by Crippen LogP contribution is 2.23. The number of aryl methyl sites for hydroxylation is 1. The zero-order valence-electron chi connectivity index (χ0n) is 13.1. The van der Waals surface area contributed by atoms with Crippen molar-refractivity contribution in [3.63, 3.8) is 0 Å². The number of aromatic nitrogens is 1. The summed E-state index contributed by atoms with van der Waals surface area (Å²) < 4.78 is 5.51. The molecule has 0 bridgehead atoms. The van der Waals surface area contributed by atoms with Crippen molar-refractivity contribution in [1.82, 2.24) is 10.3 Å². The Hall–Kier alpha value is -1.62. The van der Waals surface area contributed by atoms with Crippen molar-refractivity contribution in [2.75, 3.05) is 19.0 Å². The van der Waals surface area contributed by atoms with Crippen LogP contribution in [0.1, 0.15) is 49.2 Å². The fourth-order valence-electron chi connectivity index (χ4n) is 2.56.